The van der Waals surface area contributed by atoms with Crippen LogP contribution >= 0.6 is 11.8 Å². The number of nitrogens with one attached hydrogen (secondary N) is 1. The molecule has 1 amide bonds. The summed E-state index contributed by atoms with van der Waals surface area (Å²) in [4.78, 5) is 15.2. The number of hydrogen-bond acceptors (Lipinski definition) is 3. The number of terminal acetylenes is 1. The SMILES string of the molecule is C#CCNC(=O)c1cccnc1SC(F)F. The fourth-order valence-electron chi connectivity index (χ4n) is 0.968. The van der Waals surface area contributed by atoms with Crippen molar-refractivity contribution >= 4 is 17.7 Å². The highest BCUT2D eigenvalue weighted by molar-refractivity contribution is 7.99. The van der Waals surface area contributed by atoms with E-state index >= 15 is 0 Å². The van der Waals surface area contributed by atoms with E-state index in [0.29, 0.717) is 0 Å². The fraction of sp³-hybridized carbons (Fsp3) is 0.200. The van der Waals surface area contributed by atoms with Crippen molar-refractivity contribution < 1.29 is 13.6 Å². The van der Waals surface area contributed by atoms with Gasteiger partial charge >= 0.3 is 0 Å². The van der Waals surface area contributed by atoms with Crippen molar-refractivity contribution in [2.24, 2.45) is 0 Å². The Hall–Kier alpha value is -1.61. The third kappa shape index (κ3) is 3.51. The van der Waals surface area contributed by atoms with Crippen LogP contribution < -0.4 is 5.32 Å². The number of carbonyl (C=O) groups is 1. The number of amides is 1. The zero-order chi connectivity index (χ0) is 12.0. The summed E-state index contributed by atoms with van der Waals surface area (Å²) in [6.07, 6.45) is 6.32. The van der Waals surface area contributed by atoms with Gasteiger partial charge in [-0.15, -0.1) is 6.42 Å². The summed E-state index contributed by atoms with van der Waals surface area (Å²) >= 11 is 0.230. The van der Waals surface area contributed by atoms with Gasteiger partial charge < -0.3 is 5.32 Å². The van der Waals surface area contributed by atoms with Gasteiger partial charge in [-0.3, -0.25) is 4.79 Å². The van der Waals surface area contributed by atoms with Gasteiger partial charge in [0, 0.05) is 6.20 Å². The molecule has 0 fully saturated rings. The van der Waals surface area contributed by atoms with Crippen molar-refractivity contribution in [1.29, 1.82) is 0 Å². The van der Waals surface area contributed by atoms with Gasteiger partial charge in [0.15, 0.2) is 0 Å². The summed E-state index contributed by atoms with van der Waals surface area (Å²) in [5.41, 5.74) is 0.100. The molecule has 1 heterocycles. The minimum atomic E-state index is -2.62. The van der Waals surface area contributed by atoms with E-state index in [1.54, 1.807) is 0 Å². The number of carbonyl (C=O) groups excluding carboxylic acids is 1. The van der Waals surface area contributed by atoms with Crippen molar-refractivity contribution in [1.82, 2.24) is 10.3 Å². The topological polar surface area (TPSA) is 42.0 Å². The molecular weight excluding hydrogens is 234 g/mol. The number of pyridine rings is 1. The van der Waals surface area contributed by atoms with Crippen molar-refractivity contribution in [3.63, 3.8) is 0 Å². The van der Waals surface area contributed by atoms with Crippen molar-refractivity contribution in [2.75, 3.05) is 6.54 Å². The molecule has 0 aliphatic heterocycles. The van der Waals surface area contributed by atoms with Gasteiger partial charge in [-0.05, 0) is 23.9 Å². The van der Waals surface area contributed by atoms with Crippen LogP contribution in [0.5, 0.6) is 0 Å². The normalized spacial score (nSPS) is 9.88. The molecule has 1 rings (SSSR count). The van der Waals surface area contributed by atoms with Crippen LogP contribution in [0.1, 0.15) is 10.4 Å². The molecule has 0 unspecified atom stereocenters. The quantitative estimate of drug-likeness (QED) is 0.646. The van der Waals surface area contributed by atoms with Gasteiger partial charge in [-0.2, -0.15) is 8.78 Å². The Bertz CT molecular complexity index is 418. The monoisotopic (exact) mass is 242 g/mol. The highest BCUT2D eigenvalue weighted by atomic mass is 32.2. The highest BCUT2D eigenvalue weighted by Gasteiger charge is 2.15. The largest absolute Gasteiger partial charge is 0.341 e. The maximum Gasteiger partial charge on any atom is 0.290 e. The van der Waals surface area contributed by atoms with Crippen LogP contribution in [0.25, 0.3) is 0 Å². The van der Waals surface area contributed by atoms with Crippen molar-refractivity contribution in [3.05, 3.63) is 23.9 Å². The Labute approximate surface area is 95.6 Å². The van der Waals surface area contributed by atoms with Gasteiger partial charge in [0.2, 0.25) is 0 Å². The van der Waals surface area contributed by atoms with E-state index in [2.05, 4.69) is 16.2 Å². The molecule has 3 nitrogen and oxygen atoms in total. The predicted molar refractivity (Wildman–Crippen MR) is 57.3 cm³/mol. The molecule has 1 aromatic rings. The lowest BCUT2D eigenvalue weighted by atomic mass is 10.3. The summed E-state index contributed by atoms with van der Waals surface area (Å²) in [5, 5.41) is 2.38. The highest BCUT2D eigenvalue weighted by Crippen LogP contribution is 2.25. The lowest BCUT2D eigenvalue weighted by molar-refractivity contribution is 0.0955. The maximum absolute atomic E-state index is 12.2. The fourth-order valence-corrected chi connectivity index (χ4v) is 1.55. The third-order valence-corrected chi connectivity index (χ3v) is 2.29. The molecule has 0 aliphatic rings. The number of halogens is 2. The smallest absolute Gasteiger partial charge is 0.290 e. The first-order valence-corrected chi connectivity index (χ1v) is 5.14. The molecule has 0 spiro atoms. The van der Waals surface area contributed by atoms with Crippen LogP contribution in [0.2, 0.25) is 0 Å². The molecule has 0 radical (unpaired) electrons. The van der Waals surface area contributed by atoms with Crippen LogP contribution in [0, 0.1) is 12.3 Å². The first-order valence-electron chi connectivity index (χ1n) is 4.26. The van der Waals surface area contributed by atoms with E-state index in [-0.39, 0.29) is 28.9 Å². The molecule has 1 aromatic heterocycles. The van der Waals surface area contributed by atoms with E-state index in [9.17, 15) is 13.6 Å². The van der Waals surface area contributed by atoms with Gasteiger partial charge in [-0.1, -0.05) is 5.92 Å². The van der Waals surface area contributed by atoms with Crippen LogP contribution in [0.15, 0.2) is 23.4 Å². The summed E-state index contributed by atoms with van der Waals surface area (Å²) in [6.45, 7) is 0.0481. The molecule has 84 valence electrons. The second-order valence-corrected chi connectivity index (χ2v) is 3.60. The van der Waals surface area contributed by atoms with E-state index in [0.717, 1.165) is 0 Å². The summed E-state index contributed by atoms with van der Waals surface area (Å²) in [6, 6.07) is 2.92. The molecule has 16 heavy (non-hydrogen) atoms. The van der Waals surface area contributed by atoms with Gasteiger partial charge in [-0.25, -0.2) is 4.98 Å². The van der Waals surface area contributed by atoms with Crippen LogP contribution in [-0.2, 0) is 0 Å². The van der Waals surface area contributed by atoms with Crippen LogP contribution in [0.3, 0.4) is 0 Å². The first kappa shape index (κ1) is 12.5. The average Bonchev–Trinajstić information content (AvgIpc) is 2.26. The van der Waals surface area contributed by atoms with Crippen molar-refractivity contribution in [2.45, 2.75) is 10.8 Å². The molecule has 0 atom stereocenters. The second kappa shape index (κ2) is 6.08. The standard InChI is InChI=1S/C10H8F2N2OS/c1-2-5-13-8(15)7-4-3-6-14-9(7)16-10(11)12/h1,3-4,6,10H,5H2,(H,13,15). The zero-order valence-electron chi connectivity index (χ0n) is 8.11. The number of thioether (sulfide) groups is 1. The minimum Gasteiger partial charge on any atom is -0.341 e. The third-order valence-electron chi connectivity index (χ3n) is 1.57. The zero-order valence-corrected chi connectivity index (χ0v) is 8.93. The Balaban J connectivity index is 2.86. The average molecular weight is 242 g/mol. The molecule has 0 aromatic carbocycles. The van der Waals surface area contributed by atoms with Gasteiger partial charge in [0.25, 0.3) is 11.7 Å². The van der Waals surface area contributed by atoms with Gasteiger partial charge in [0.05, 0.1) is 12.1 Å². The summed E-state index contributed by atoms with van der Waals surface area (Å²) in [5.74, 6) is -0.901. The Kier molecular flexibility index (Phi) is 4.73. The number of aromatic nitrogens is 1. The number of rotatable bonds is 4. The van der Waals surface area contributed by atoms with E-state index in [1.165, 1.54) is 18.3 Å². The molecule has 0 bridgehead atoms. The lowest BCUT2D eigenvalue weighted by Gasteiger charge is -2.06. The molecule has 0 saturated carbocycles. The lowest BCUT2D eigenvalue weighted by Crippen LogP contribution is -2.24. The maximum atomic E-state index is 12.2. The van der Waals surface area contributed by atoms with Crippen LogP contribution in [0.4, 0.5) is 8.78 Å². The Morgan fingerprint density at radius 2 is 2.44 bits per heavy atom. The molecule has 0 aliphatic carbocycles. The van der Waals surface area contributed by atoms with E-state index in [4.69, 9.17) is 6.42 Å². The van der Waals surface area contributed by atoms with Crippen molar-refractivity contribution in [3.8, 4) is 12.3 Å². The first-order chi connectivity index (χ1) is 7.65. The minimum absolute atomic E-state index is 0.00739. The predicted octanol–water partition coefficient (Wildman–Crippen LogP) is 1.76. The Morgan fingerprint density at radius 3 is 3.06 bits per heavy atom. The number of nitrogens with zero attached hydrogens (tertiary/aromatic N) is 1. The molecule has 1 N–H and O–H groups in total. The Morgan fingerprint density at radius 1 is 1.69 bits per heavy atom. The van der Waals surface area contributed by atoms with Gasteiger partial charge in [0.1, 0.15) is 5.03 Å². The van der Waals surface area contributed by atoms with Crippen LogP contribution in [-0.4, -0.2) is 23.2 Å². The molecular formula is C10H8F2N2OS. The number of hydrogen-bond donors (Lipinski definition) is 1. The van der Waals surface area contributed by atoms with E-state index < -0.39 is 11.7 Å². The second-order valence-electron chi connectivity index (χ2n) is 2.62. The summed E-state index contributed by atoms with van der Waals surface area (Å²) < 4.78 is 24.3. The molecule has 0 saturated heterocycles. The summed E-state index contributed by atoms with van der Waals surface area (Å²) in [7, 11) is 0. The van der Waals surface area contributed by atoms with E-state index in [1.807, 2.05) is 0 Å². The molecule has 6 heteroatoms. The number of alkyl halides is 2.